The van der Waals surface area contributed by atoms with Gasteiger partial charge < -0.3 is 4.74 Å². The topological polar surface area (TPSA) is 74.1 Å². The van der Waals surface area contributed by atoms with Crippen molar-refractivity contribution in [3.05, 3.63) is 17.0 Å². The van der Waals surface area contributed by atoms with Crippen molar-refractivity contribution >= 4 is 31.1 Å². The quantitative estimate of drug-likeness (QED) is 0.786. The summed E-state index contributed by atoms with van der Waals surface area (Å²) in [4.78, 5) is 1.94. The third-order valence-electron chi connectivity index (χ3n) is 2.41. The standard InChI is InChI=1S/C10H12ClN3O3S2/c1-7-3-4-8(18-7)9-12-13-10(19(11,15)16)14(9)5-6-17-2/h3-4H,5-6H2,1-2H3. The van der Waals surface area contributed by atoms with Crippen molar-refractivity contribution in [2.45, 2.75) is 18.6 Å². The predicted molar refractivity (Wildman–Crippen MR) is 73.0 cm³/mol. The lowest BCUT2D eigenvalue weighted by Gasteiger charge is -2.06. The molecule has 104 valence electrons. The van der Waals surface area contributed by atoms with Gasteiger partial charge in [0.15, 0.2) is 5.82 Å². The Morgan fingerprint density at radius 3 is 2.68 bits per heavy atom. The third kappa shape index (κ3) is 3.14. The number of methoxy groups -OCH3 is 1. The first kappa shape index (κ1) is 14.4. The van der Waals surface area contributed by atoms with Crippen LogP contribution >= 0.6 is 22.0 Å². The van der Waals surface area contributed by atoms with E-state index in [1.807, 2.05) is 19.1 Å². The molecule has 0 amide bonds. The van der Waals surface area contributed by atoms with E-state index in [4.69, 9.17) is 15.4 Å². The zero-order valence-electron chi connectivity index (χ0n) is 10.3. The minimum Gasteiger partial charge on any atom is -0.383 e. The van der Waals surface area contributed by atoms with Gasteiger partial charge in [0, 0.05) is 22.7 Å². The van der Waals surface area contributed by atoms with Gasteiger partial charge in [-0.3, -0.25) is 4.57 Å². The molecule has 2 aromatic rings. The summed E-state index contributed by atoms with van der Waals surface area (Å²) < 4.78 is 29.4. The number of hydrogen-bond donors (Lipinski definition) is 0. The molecule has 0 aliphatic carbocycles. The lowest BCUT2D eigenvalue weighted by atomic mass is 10.4. The van der Waals surface area contributed by atoms with Gasteiger partial charge in [-0.15, -0.1) is 21.5 Å². The minimum atomic E-state index is -3.93. The average molecular weight is 322 g/mol. The summed E-state index contributed by atoms with van der Waals surface area (Å²) in [5, 5.41) is 7.34. The number of aromatic nitrogens is 3. The molecule has 0 aliphatic rings. The van der Waals surface area contributed by atoms with Crippen LogP contribution in [0.5, 0.6) is 0 Å². The largest absolute Gasteiger partial charge is 0.383 e. The highest BCUT2D eigenvalue weighted by molar-refractivity contribution is 8.13. The van der Waals surface area contributed by atoms with Crippen LogP contribution in [0.4, 0.5) is 0 Å². The van der Waals surface area contributed by atoms with Gasteiger partial charge in [0.2, 0.25) is 0 Å². The highest BCUT2D eigenvalue weighted by atomic mass is 35.7. The van der Waals surface area contributed by atoms with Crippen LogP contribution in [-0.4, -0.2) is 36.9 Å². The Kier molecular flexibility index (Phi) is 4.24. The fourth-order valence-electron chi connectivity index (χ4n) is 1.59. The van der Waals surface area contributed by atoms with Crippen molar-refractivity contribution in [2.24, 2.45) is 0 Å². The van der Waals surface area contributed by atoms with Crippen LogP contribution in [-0.2, 0) is 20.3 Å². The second-order valence-corrected chi connectivity index (χ2v) is 7.55. The van der Waals surface area contributed by atoms with Gasteiger partial charge in [-0.1, -0.05) is 0 Å². The Morgan fingerprint density at radius 1 is 1.42 bits per heavy atom. The molecule has 2 heterocycles. The van der Waals surface area contributed by atoms with Crippen LogP contribution in [0.3, 0.4) is 0 Å². The van der Waals surface area contributed by atoms with Gasteiger partial charge in [-0.2, -0.15) is 0 Å². The molecule has 0 unspecified atom stereocenters. The molecule has 0 saturated carbocycles. The molecule has 0 atom stereocenters. The lowest BCUT2D eigenvalue weighted by Crippen LogP contribution is -2.11. The Morgan fingerprint density at radius 2 is 2.16 bits per heavy atom. The molecule has 0 aliphatic heterocycles. The summed E-state index contributed by atoms with van der Waals surface area (Å²) >= 11 is 1.51. The third-order valence-corrected chi connectivity index (χ3v) is 4.56. The van der Waals surface area contributed by atoms with Crippen LogP contribution in [0, 0.1) is 6.92 Å². The SMILES string of the molecule is COCCn1c(-c2ccc(C)s2)nnc1S(=O)(=O)Cl. The Hall–Kier alpha value is -0.960. The van der Waals surface area contributed by atoms with Crippen LogP contribution < -0.4 is 0 Å². The van der Waals surface area contributed by atoms with E-state index in [1.54, 1.807) is 0 Å². The van der Waals surface area contributed by atoms with Gasteiger partial charge in [0.25, 0.3) is 14.2 Å². The fraction of sp³-hybridized carbons (Fsp3) is 0.400. The Balaban J connectivity index is 2.52. The summed E-state index contributed by atoms with van der Waals surface area (Å²) in [5.74, 6) is 0.481. The first-order valence-corrected chi connectivity index (χ1v) is 8.49. The van der Waals surface area contributed by atoms with Gasteiger partial charge in [-0.05, 0) is 19.1 Å². The Bertz CT molecular complexity index is 678. The molecule has 0 fully saturated rings. The minimum absolute atomic E-state index is 0.257. The molecule has 0 aromatic carbocycles. The maximum Gasteiger partial charge on any atom is 0.296 e. The van der Waals surface area contributed by atoms with Crippen LogP contribution in [0.15, 0.2) is 17.3 Å². The first-order valence-electron chi connectivity index (χ1n) is 5.37. The normalized spacial score (nSPS) is 11.9. The zero-order valence-corrected chi connectivity index (χ0v) is 12.7. The van der Waals surface area contributed by atoms with E-state index in [-0.39, 0.29) is 5.16 Å². The summed E-state index contributed by atoms with van der Waals surface area (Å²) in [5.41, 5.74) is 0. The number of thiophene rings is 1. The molecular formula is C10H12ClN3O3S2. The van der Waals surface area contributed by atoms with E-state index < -0.39 is 9.05 Å². The predicted octanol–water partition coefficient (Wildman–Crippen LogP) is 1.89. The number of nitrogens with zero attached hydrogens (tertiary/aromatic N) is 3. The summed E-state index contributed by atoms with van der Waals surface area (Å²) in [6.45, 7) is 2.62. The molecule has 2 rings (SSSR count). The van der Waals surface area contributed by atoms with Crippen molar-refractivity contribution in [1.29, 1.82) is 0 Å². The Labute approximate surface area is 119 Å². The van der Waals surface area contributed by atoms with E-state index in [1.165, 1.54) is 23.0 Å². The molecule has 0 bridgehead atoms. The van der Waals surface area contributed by atoms with Crippen LogP contribution in [0.1, 0.15) is 4.88 Å². The van der Waals surface area contributed by atoms with Crippen molar-refractivity contribution in [1.82, 2.24) is 14.8 Å². The lowest BCUT2D eigenvalue weighted by molar-refractivity contribution is 0.185. The monoisotopic (exact) mass is 321 g/mol. The highest BCUT2D eigenvalue weighted by Gasteiger charge is 2.23. The maximum absolute atomic E-state index is 11.5. The fourth-order valence-corrected chi connectivity index (χ4v) is 3.37. The van der Waals surface area contributed by atoms with Crippen molar-refractivity contribution < 1.29 is 13.2 Å². The maximum atomic E-state index is 11.5. The first-order chi connectivity index (χ1) is 8.93. The van der Waals surface area contributed by atoms with Crippen molar-refractivity contribution in [3.8, 4) is 10.7 Å². The van der Waals surface area contributed by atoms with E-state index in [0.29, 0.717) is 19.0 Å². The van der Waals surface area contributed by atoms with E-state index in [2.05, 4.69) is 10.2 Å². The molecule has 19 heavy (non-hydrogen) atoms. The smallest absolute Gasteiger partial charge is 0.296 e. The number of halogens is 1. The van der Waals surface area contributed by atoms with Gasteiger partial charge in [0.05, 0.1) is 18.0 Å². The highest BCUT2D eigenvalue weighted by Crippen LogP contribution is 2.28. The number of ether oxygens (including phenoxy) is 1. The van der Waals surface area contributed by atoms with E-state index >= 15 is 0 Å². The van der Waals surface area contributed by atoms with E-state index in [0.717, 1.165) is 9.75 Å². The van der Waals surface area contributed by atoms with E-state index in [9.17, 15) is 8.42 Å². The van der Waals surface area contributed by atoms with Crippen molar-refractivity contribution in [2.75, 3.05) is 13.7 Å². The second-order valence-electron chi connectivity index (χ2n) is 3.80. The molecule has 9 heteroatoms. The molecule has 2 aromatic heterocycles. The number of aryl methyl sites for hydroxylation is 1. The molecular weight excluding hydrogens is 310 g/mol. The van der Waals surface area contributed by atoms with Gasteiger partial charge >= 0.3 is 0 Å². The summed E-state index contributed by atoms with van der Waals surface area (Å²) in [6, 6.07) is 3.81. The average Bonchev–Trinajstić information content (AvgIpc) is 2.91. The van der Waals surface area contributed by atoms with Gasteiger partial charge in [0.1, 0.15) is 0 Å². The van der Waals surface area contributed by atoms with Crippen LogP contribution in [0.25, 0.3) is 10.7 Å². The zero-order chi connectivity index (χ0) is 14.0. The number of rotatable bonds is 5. The summed E-state index contributed by atoms with van der Waals surface area (Å²) in [6.07, 6.45) is 0. The molecule has 6 nitrogen and oxygen atoms in total. The van der Waals surface area contributed by atoms with Gasteiger partial charge in [-0.25, -0.2) is 8.42 Å². The summed E-state index contributed by atoms with van der Waals surface area (Å²) in [7, 11) is 2.96. The molecule has 0 N–H and O–H groups in total. The van der Waals surface area contributed by atoms with Crippen molar-refractivity contribution in [3.63, 3.8) is 0 Å². The second kappa shape index (κ2) is 5.58. The molecule has 0 spiro atoms. The molecule has 0 radical (unpaired) electrons. The molecule has 0 saturated heterocycles. The van der Waals surface area contributed by atoms with Crippen LogP contribution in [0.2, 0.25) is 0 Å². The number of hydrogen-bond acceptors (Lipinski definition) is 6.